The number of phenolic OH excluding ortho intramolecular Hbond substituents is 2. The van der Waals surface area contributed by atoms with Crippen LogP contribution in [0.15, 0.2) is 58.5 Å². The minimum Gasteiger partial charge on any atom is -0.507 e. The van der Waals surface area contributed by atoms with Crippen molar-refractivity contribution < 1.29 is 10.2 Å². The number of para-hydroxylation sites is 2. The van der Waals surface area contributed by atoms with E-state index in [1.807, 2.05) is 24.3 Å². The molecule has 0 aliphatic carbocycles. The van der Waals surface area contributed by atoms with Gasteiger partial charge in [0, 0.05) is 48.2 Å². The van der Waals surface area contributed by atoms with Gasteiger partial charge in [-0.3, -0.25) is 9.98 Å². The maximum atomic E-state index is 9.30. The standard InChI is InChI=1S/2C9H11NOS/c2*11-9-4-2-1-3-8(9)7-10-5-6-12/h2*1-4,7,11-12H,5-6H2. The highest BCUT2D eigenvalue weighted by Gasteiger charge is 1.93. The van der Waals surface area contributed by atoms with Crippen LogP contribution < -0.4 is 0 Å². The molecule has 2 rings (SSSR count). The SMILES string of the molecule is Oc1ccccc1C=NCCS.Oc1ccccc1C=NCCS. The molecule has 0 spiro atoms. The van der Waals surface area contributed by atoms with Crippen LogP contribution in [0.2, 0.25) is 0 Å². The van der Waals surface area contributed by atoms with Crippen molar-refractivity contribution in [3.8, 4) is 11.5 Å². The Morgan fingerprint density at radius 2 is 1.08 bits per heavy atom. The molecule has 0 atom stereocenters. The van der Waals surface area contributed by atoms with E-state index in [-0.39, 0.29) is 11.5 Å². The summed E-state index contributed by atoms with van der Waals surface area (Å²) in [6.45, 7) is 1.36. The lowest BCUT2D eigenvalue weighted by Gasteiger charge is -1.95. The highest BCUT2D eigenvalue weighted by atomic mass is 32.1. The molecule has 6 heteroatoms. The van der Waals surface area contributed by atoms with Crippen LogP contribution in [0.1, 0.15) is 11.1 Å². The summed E-state index contributed by atoms with van der Waals surface area (Å²) in [7, 11) is 0. The molecule has 0 fully saturated rings. The van der Waals surface area contributed by atoms with E-state index in [4.69, 9.17) is 0 Å². The number of phenols is 2. The van der Waals surface area contributed by atoms with E-state index >= 15 is 0 Å². The highest BCUT2D eigenvalue weighted by molar-refractivity contribution is 7.80. The molecule has 0 heterocycles. The zero-order valence-electron chi connectivity index (χ0n) is 13.3. The van der Waals surface area contributed by atoms with Gasteiger partial charge in [0.2, 0.25) is 0 Å². The van der Waals surface area contributed by atoms with Gasteiger partial charge >= 0.3 is 0 Å². The van der Waals surface area contributed by atoms with Crippen LogP contribution in [0.5, 0.6) is 11.5 Å². The molecule has 0 radical (unpaired) electrons. The summed E-state index contributed by atoms with van der Waals surface area (Å²) in [4.78, 5) is 8.12. The molecule has 0 bridgehead atoms. The first kappa shape index (κ1) is 20.1. The maximum absolute atomic E-state index is 9.30. The average molecular weight is 363 g/mol. The number of hydrogen-bond donors (Lipinski definition) is 4. The lowest BCUT2D eigenvalue weighted by Crippen LogP contribution is -1.85. The van der Waals surface area contributed by atoms with Gasteiger partial charge in [0.05, 0.1) is 0 Å². The van der Waals surface area contributed by atoms with E-state index < -0.39 is 0 Å². The van der Waals surface area contributed by atoms with Crippen LogP contribution in [0.4, 0.5) is 0 Å². The van der Waals surface area contributed by atoms with Crippen LogP contribution in [0.25, 0.3) is 0 Å². The second-order valence-electron chi connectivity index (χ2n) is 4.64. The molecular formula is C18H22N2O2S2. The summed E-state index contributed by atoms with van der Waals surface area (Å²) in [6.07, 6.45) is 3.32. The van der Waals surface area contributed by atoms with Gasteiger partial charge in [0.25, 0.3) is 0 Å². The van der Waals surface area contributed by atoms with Crippen LogP contribution in [-0.4, -0.2) is 47.2 Å². The van der Waals surface area contributed by atoms with E-state index in [9.17, 15) is 10.2 Å². The lowest BCUT2D eigenvalue weighted by atomic mass is 10.2. The fourth-order valence-electron chi connectivity index (χ4n) is 1.63. The van der Waals surface area contributed by atoms with E-state index in [0.29, 0.717) is 13.1 Å². The number of hydrogen-bond acceptors (Lipinski definition) is 6. The fraction of sp³-hybridized carbons (Fsp3) is 0.222. The van der Waals surface area contributed by atoms with Crippen LogP contribution >= 0.6 is 25.3 Å². The molecule has 2 aromatic carbocycles. The highest BCUT2D eigenvalue weighted by Crippen LogP contribution is 2.13. The Kier molecular flexibility index (Phi) is 10.5. The molecule has 128 valence electrons. The van der Waals surface area contributed by atoms with Crippen molar-refractivity contribution >= 4 is 37.7 Å². The van der Waals surface area contributed by atoms with Gasteiger partial charge in [0.15, 0.2) is 0 Å². The van der Waals surface area contributed by atoms with Crippen LogP contribution in [0.3, 0.4) is 0 Å². The van der Waals surface area contributed by atoms with Gasteiger partial charge in [-0.1, -0.05) is 24.3 Å². The Morgan fingerprint density at radius 3 is 1.42 bits per heavy atom. The number of aliphatic imine (C=N–C) groups is 2. The predicted octanol–water partition coefficient (Wildman–Crippen LogP) is 3.48. The molecule has 0 amide bonds. The summed E-state index contributed by atoms with van der Waals surface area (Å²) < 4.78 is 0. The van der Waals surface area contributed by atoms with Gasteiger partial charge in [-0.2, -0.15) is 25.3 Å². The summed E-state index contributed by atoms with van der Waals surface area (Å²) in [5.74, 6) is 1.98. The largest absolute Gasteiger partial charge is 0.507 e. The van der Waals surface area contributed by atoms with E-state index in [1.165, 1.54) is 0 Å². The monoisotopic (exact) mass is 362 g/mol. The Labute approximate surface area is 153 Å². The third-order valence-electron chi connectivity index (χ3n) is 2.79. The number of rotatable bonds is 6. The molecule has 0 aliphatic heterocycles. The molecular weight excluding hydrogens is 340 g/mol. The van der Waals surface area contributed by atoms with Gasteiger partial charge in [-0.05, 0) is 24.3 Å². The van der Waals surface area contributed by atoms with Gasteiger partial charge < -0.3 is 10.2 Å². The van der Waals surface area contributed by atoms with Crippen molar-refractivity contribution in [1.82, 2.24) is 0 Å². The molecule has 4 nitrogen and oxygen atoms in total. The quantitative estimate of drug-likeness (QED) is 0.469. The van der Waals surface area contributed by atoms with Crippen molar-refractivity contribution in [2.45, 2.75) is 0 Å². The molecule has 0 aromatic heterocycles. The number of thiol groups is 2. The zero-order valence-corrected chi connectivity index (χ0v) is 15.1. The second kappa shape index (κ2) is 12.5. The summed E-state index contributed by atoms with van der Waals surface area (Å²) in [6, 6.07) is 14.2. The Bertz CT molecular complexity index is 603. The molecule has 0 unspecified atom stereocenters. The molecule has 2 aromatic rings. The number of nitrogens with zero attached hydrogens (tertiary/aromatic N) is 2. The van der Waals surface area contributed by atoms with Crippen molar-refractivity contribution in [2.24, 2.45) is 9.98 Å². The minimum atomic E-state index is 0.264. The predicted molar refractivity (Wildman–Crippen MR) is 109 cm³/mol. The molecule has 0 saturated heterocycles. The fourth-order valence-corrected chi connectivity index (χ4v) is 1.87. The summed E-state index contributed by atoms with van der Waals surface area (Å²) in [5.41, 5.74) is 1.50. The normalized spacial score (nSPS) is 10.8. The third-order valence-corrected chi connectivity index (χ3v) is 3.19. The minimum absolute atomic E-state index is 0.264. The molecule has 2 N–H and O–H groups in total. The van der Waals surface area contributed by atoms with E-state index in [0.717, 1.165) is 22.6 Å². The Hall–Kier alpha value is -1.92. The van der Waals surface area contributed by atoms with Crippen molar-refractivity contribution in [2.75, 3.05) is 24.6 Å². The van der Waals surface area contributed by atoms with Gasteiger partial charge in [-0.25, -0.2) is 0 Å². The van der Waals surface area contributed by atoms with Crippen molar-refractivity contribution in [1.29, 1.82) is 0 Å². The van der Waals surface area contributed by atoms with Crippen LogP contribution in [-0.2, 0) is 0 Å². The Morgan fingerprint density at radius 1 is 0.708 bits per heavy atom. The maximum Gasteiger partial charge on any atom is 0.124 e. The summed E-state index contributed by atoms with van der Waals surface area (Å²) in [5, 5.41) is 18.6. The van der Waals surface area contributed by atoms with E-state index in [2.05, 4.69) is 35.2 Å². The topological polar surface area (TPSA) is 65.2 Å². The van der Waals surface area contributed by atoms with Gasteiger partial charge in [-0.15, -0.1) is 0 Å². The molecule has 24 heavy (non-hydrogen) atoms. The second-order valence-corrected chi connectivity index (χ2v) is 5.53. The summed E-state index contributed by atoms with van der Waals surface area (Å²) >= 11 is 8.03. The zero-order chi connectivity index (χ0) is 17.6. The lowest BCUT2D eigenvalue weighted by molar-refractivity contribution is 0.474. The molecule has 0 saturated carbocycles. The Balaban J connectivity index is 0.000000240. The van der Waals surface area contributed by atoms with Crippen molar-refractivity contribution in [3.63, 3.8) is 0 Å². The first-order valence-corrected chi connectivity index (χ1v) is 8.73. The third kappa shape index (κ3) is 8.08. The molecule has 0 aliphatic rings. The first-order chi connectivity index (χ1) is 11.7. The van der Waals surface area contributed by atoms with Gasteiger partial charge in [0.1, 0.15) is 11.5 Å². The average Bonchev–Trinajstić information content (AvgIpc) is 2.59. The van der Waals surface area contributed by atoms with Crippen molar-refractivity contribution in [3.05, 3.63) is 59.7 Å². The van der Waals surface area contributed by atoms with E-state index in [1.54, 1.807) is 36.7 Å². The smallest absolute Gasteiger partial charge is 0.124 e. The number of benzene rings is 2. The first-order valence-electron chi connectivity index (χ1n) is 7.46. The van der Waals surface area contributed by atoms with Crippen LogP contribution in [0, 0.1) is 0 Å². The number of aromatic hydroxyl groups is 2.